The molecule has 1 aromatic carbocycles. The van der Waals surface area contributed by atoms with Crippen molar-refractivity contribution in [1.29, 1.82) is 0 Å². The second-order valence-corrected chi connectivity index (χ2v) is 3.19. The van der Waals surface area contributed by atoms with Gasteiger partial charge in [0.15, 0.2) is 5.82 Å². The van der Waals surface area contributed by atoms with E-state index in [1.165, 1.54) is 0 Å². The molecule has 1 unspecified atom stereocenters. The topological polar surface area (TPSA) is 40.1 Å². The first kappa shape index (κ1) is 9.57. The Morgan fingerprint density at radius 1 is 1.42 bits per heavy atom. The average molecular weight is 212 g/mol. The molecule has 0 aliphatic heterocycles. The summed E-state index contributed by atoms with van der Waals surface area (Å²) in [6.45, 7) is 0. The van der Waals surface area contributed by atoms with Crippen LogP contribution in [0.2, 0.25) is 5.02 Å². The highest BCUT2D eigenvalue weighted by atomic mass is 35.5. The lowest BCUT2D eigenvalue weighted by atomic mass is 10.3. The maximum absolute atomic E-state index is 12.7. The fourth-order valence-corrected chi connectivity index (χ4v) is 1.36. The van der Waals surface area contributed by atoms with Crippen molar-refractivity contribution >= 4 is 22.7 Å². The smallest absolute Gasteiger partial charge is 0.159 e. The van der Waals surface area contributed by atoms with Crippen LogP contribution in [-0.2, 0) is 11.1 Å². The maximum Gasteiger partial charge on any atom is 0.159 e. The monoisotopic (exact) mass is 211 g/mol. The molecule has 0 amide bonds. The molecule has 0 aromatic heterocycles. The normalized spacial score (nSPS) is 13.0. The van der Waals surface area contributed by atoms with Crippen LogP contribution in [0.5, 0.6) is 0 Å². The average Bonchev–Trinajstić information content (AvgIpc) is 1.97. The molecule has 1 rings (SSSR count). The summed E-state index contributed by atoms with van der Waals surface area (Å²) in [5.74, 6) is -2.41. The van der Waals surface area contributed by atoms with Gasteiger partial charge in [-0.15, -0.1) is 0 Å². The van der Waals surface area contributed by atoms with Crippen molar-refractivity contribution in [2.24, 2.45) is 0 Å². The number of rotatable bonds is 1. The molecule has 0 saturated heterocycles. The van der Waals surface area contributed by atoms with Crippen molar-refractivity contribution in [2.45, 2.75) is 4.90 Å². The standard InChI is InChI=1S/C6H3ClF2O2S/c7-3-1-2-4(8)6(5(3)9)12(10)11/h1-2H,(H,10,11)/p-1. The Hall–Kier alpha value is -0.520. The van der Waals surface area contributed by atoms with E-state index in [0.717, 1.165) is 12.1 Å². The van der Waals surface area contributed by atoms with Crippen LogP contribution in [-0.4, -0.2) is 8.76 Å². The van der Waals surface area contributed by atoms with Gasteiger partial charge in [0.1, 0.15) is 5.82 Å². The summed E-state index contributed by atoms with van der Waals surface area (Å²) < 4.78 is 45.9. The largest absolute Gasteiger partial charge is 0.768 e. The molecule has 66 valence electrons. The van der Waals surface area contributed by atoms with Gasteiger partial charge in [-0.25, -0.2) is 8.78 Å². The molecule has 0 heterocycles. The SMILES string of the molecule is O=S([O-])c1c(F)ccc(Cl)c1F. The molecule has 0 saturated carbocycles. The number of hydrogen-bond donors (Lipinski definition) is 0. The van der Waals surface area contributed by atoms with Crippen molar-refractivity contribution in [2.75, 3.05) is 0 Å². The van der Waals surface area contributed by atoms with Gasteiger partial charge in [-0.3, -0.25) is 4.21 Å². The molecular weight excluding hydrogens is 210 g/mol. The van der Waals surface area contributed by atoms with Gasteiger partial charge < -0.3 is 4.55 Å². The minimum absolute atomic E-state index is 0.421. The summed E-state index contributed by atoms with van der Waals surface area (Å²) in [4.78, 5) is -1.03. The Bertz CT molecular complexity index is 343. The summed E-state index contributed by atoms with van der Waals surface area (Å²) in [5, 5.41) is -0.421. The zero-order valence-corrected chi connectivity index (χ0v) is 7.09. The van der Waals surface area contributed by atoms with Crippen molar-refractivity contribution in [3.8, 4) is 0 Å². The lowest BCUT2D eigenvalue weighted by Gasteiger charge is -2.07. The minimum Gasteiger partial charge on any atom is -0.768 e. The predicted octanol–water partition coefficient (Wildman–Crippen LogP) is 1.86. The summed E-state index contributed by atoms with van der Waals surface area (Å²) >= 11 is 2.27. The fourth-order valence-electron chi connectivity index (χ4n) is 0.661. The Labute approximate surface area is 74.4 Å². The second-order valence-electron chi connectivity index (χ2n) is 1.91. The first-order chi connectivity index (χ1) is 5.54. The van der Waals surface area contributed by atoms with E-state index in [4.69, 9.17) is 11.6 Å². The third-order valence-corrected chi connectivity index (χ3v) is 2.17. The molecule has 0 spiro atoms. The van der Waals surface area contributed by atoms with E-state index in [9.17, 15) is 17.5 Å². The van der Waals surface area contributed by atoms with E-state index in [2.05, 4.69) is 0 Å². The molecule has 0 radical (unpaired) electrons. The highest BCUT2D eigenvalue weighted by Crippen LogP contribution is 2.22. The van der Waals surface area contributed by atoms with E-state index in [1.54, 1.807) is 0 Å². The lowest BCUT2D eigenvalue weighted by Crippen LogP contribution is -1.98. The van der Waals surface area contributed by atoms with E-state index in [0.29, 0.717) is 0 Å². The molecule has 0 N–H and O–H groups in total. The second kappa shape index (κ2) is 3.47. The molecule has 0 fully saturated rings. The Morgan fingerprint density at radius 2 is 2.00 bits per heavy atom. The van der Waals surface area contributed by atoms with E-state index in [1.807, 2.05) is 0 Å². The van der Waals surface area contributed by atoms with E-state index in [-0.39, 0.29) is 0 Å². The van der Waals surface area contributed by atoms with Crippen molar-refractivity contribution < 1.29 is 17.5 Å². The molecule has 1 atom stereocenters. The van der Waals surface area contributed by atoms with Gasteiger partial charge in [0, 0.05) is 0 Å². The van der Waals surface area contributed by atoms with Crippen molar-refractivity contribution in [3.63, 3.8) is 0 Å². The van der Waals surface area contributed by atoms with Gasteiger partial charge >= 0.3 is 0 Å². The summed E-state index contributed by atoms with van der Waals surface area (Å²) in [6.07, 6.45) is 0. The Kier molecular flexibility index (Phi) is 2.76. The van der Waals surface area contributed by atoms with Crippen LogP contribution in [0.4, 0.5) is 8.78 Å². The molecular formula is C6H2ClF2O2S-. The molecule has 12 heavy (non-hydrogen) atoms. The number of halogens is 3. The van der Waals surface area contributed by atoms with Gasteiger partial charge in [0.25, 0.3) is 0 Å². The van der Waals surface area contributed by atoms with Crippen LogP contribution in [0.15, 0.2) is 17.0 Å². The van der Waals surface area contributed by atoms with Crippen LogP contribution in [0, 0.1) is 11.6 Å². The van der Waals surface area contributed by atoms with Crippen LogP contribution >= 0.6 is 11.6 Å². The summed E-state index contributed by atoms with van der Waals surface area (Å²) in [5.41, 5.74) is 0. The zero-order chi connectivity index (χ0) is 9.30. The summed E-state index contributed by atoms with van der Waals surface area (Å²) in [6, 6.07) is 1.74. The molecule has 1 aromatic rings. The van der Waals surface area contributed by atoms with Gasteiger partial charge in [-0.1, -0.05) is 11.6 Å². The Morgan fingerprint density at radius 3 is 2.42 bits per heavy atom. The zero-order valence-electron chi connectivity index (χ0n) is 5.51. The predicted molar refractivity (Wildman–Crippen MR) is 38.6 cm³/mol. The highest BCUT2D eigenvalue weighted by Gasteiger charge is 2.12. The van der Waals surface area contributed by atoms with Gasteiger partial charge in [0.2, 0.25) is 0 Å². The van der Waals surface area contributed by atoms with Gasteiger partial charge in [0.05, 0.1) is 9.92 Å². The molecule has 0 aliphatic carbocycles. The van der Waals surface area contributed by atoms with E-state index < -0.39 is 32.6 Å². The van der Waals surface area contributed by atoms with Gasteiger partial charge in [-0.05, 0) is 23.2 Å². The van der Waals surface area contributed by atoms with Crippen LogP contribution in [0.25, 0.3) is 0 Å². The van der Waals surface area contributed by atoms with Crippen molar-refractivity contribution in [3.05, 3.63) is 28.8 Å². The highest BCUT2D eigenvalue weighted by molar-refractivity contribution is 7.79. The molecule has 6 heteroatoms. The number of hydrogen-bond acceptors (Lipinski definition) is 2. The molecule has 0 bridgehead atoms. The molecule has 0 aliphatic rings. The van der Waals surface area contributed by atoms with Crippen LogP contribution in [0.1, 0.15) is 0 Å². The summed E-state index contributed by atoms with van der Waals surface area (Å²) in [7, 11) is 0. The maximum atomic E-state index is 12.7. The lowest BCUT2D eigenvalue weighted by molar-refractivity contribution is 0.496. The van der Waals surface area contributed by atoms with Crippen LogP contribution in [0.3, 0.4) is 0 Å². The van der Waals surface area contributed by atoms with E-state index >= 15 is 0 Å². The molecule has 2 nitrogen and oxygen atoms in total. The Balaban J connectivity index is 3.43. The third-order valence-electron chi connectivity index (χ3n) is 1.17. The number of benzene rings is 1. The van der Waals surface area contributed by atoms with Gasteiger partial charge in [-0.2, -0.15) is 0 Å². The van der Waals surface area contributed by atoms with Crippen LogP contribution < -0.4 is 0 Å². The van der Waals surface area contributed by atoms with Crippen molar-refractivity contribution in [1.82, 2.24) is 0 Å². The minimum atomic E-state index is -2.95. The first-order valence-corrected chi connectivity index (χ1v) is 4.22. The quantitative estimate of drug-likeness (QED) is 0.526. The fraction of sp³-hybridized carbons (Fsp3) is 0. The third kappa shape index (κ3) is 1.63. The first-order valence-electron chi connectivity index (χ1n) is 2.77.